The first-order valence-corrected chi connectivity index (χ1v) is 12.1. The Kier molecular flexibility index (Phi) is 8.40. The first kappa shape index (κ1) is 24.8. The Labute approximate surface area is 207 Å². The van der Waals surface area contributed by atoms with Crippen LogP contribution < -0.4 is 0 Å². The molecule has 3 heterocycles. The third kappa shape index (κ3) is 6.21. The molecule has 1 aromatic carbocycles. The number of hydrogen-bond donors (Lipinski definition) is 0. The first-order valence-electron chi connectivity index (χ1n) is 12.1. The summed E-state index contributed by atoms with van der Waals surface area (Å²) in [5.41, 5.74) is 8.84. The van der Waals surface area contributed by atoms with Crippen molar-refractivity contribution >= 4 is 23.1 Å². The van der Waals surface area contributed by atoms with Crippen molar-refractivity contribution in [3.05, 3.63) is 77.0 Å². The lowest BCUT2D eigenvalue weighted by molar-refractivity contribution is 0.195. The molecule has 0 spiro atoms. The highest BCUT2D eigenvalue weighted by Crippen LogP contribution is 2.29. The van der Waals surface area contributed by atoms with E-state index in [1.807, 2.05) is 36.4 Å². The van der Waals surface area contributed by atoms with Gasteiger partial charge in [-0.15, -0.1) is 0 Å². The zero-order chi connectivity index (χ0) is 24.6. The molecule has 3 aromatic heterocycles. The standard InChI is InChI=1S/C29H34N4O2/c1-21-15-27-26(17-23(21)7-5-13-34-3)24(18-28(32-27)29-19-30-20-33(29)2)10-9-22-11-12-31-25(16-22)8-6-14-35-4/h9-12,15-20H,5-8,13-14H2,1-4H3/b10-9+. The molecule has 0 aliphatic heterocycles. The lowest BCUT2D eigenvalue weighted by Gasteiger charge is -2.12. The lowest BCUT2D eigenvalue weighted by Crippen LogP contribution is -1.98. The van der Waals surface area contributed by atoms with E-state index < -0.39 is 0 Å². The molecule has 0 radical (unpaired) electrons. The molecular weight excluding hydrogens is 436 g/mol. The van der Waals surface area contributed by atoms with Gasteiger partial charge in [-0.3, -0.25) is 4.98 Å². The SMILES string of the molecule is COCCCc1cc(/C=C/c2cc(-c3cncn3C)nc3cc(C)c(CCCOC)cc23)ccn1. The van der Waals surface area contributed by atoms with Crippen molar-refractivity contribution in [2.75, 3.05) is 27.4 Å². The summed E-state index contributed by atoms with van der Waals surface area (Å²) in [5, 5.41) is 1.15. The lowest BCUT2D eigenvalue weighted by atomic mass is 9.97. The Balaban J connectivity index is 1.74. The van der Waals surface area contributed by atoms with Gasteiger partial charge in [0.15, 0.2) is 0 Å². The normalized spacial score (nSPS) is 11.7. The summed E-state index contributed by atoms with van der Waals surface area (Å²) in [5.74, 6) is 0. The van der Waals surface area contributed by atoms with Crippen LogP contribution in [0.3, 0.4) is 0 Å². The smallest absolute Gasteiger partial charge is 0.0948 e. The van der Waals surface area contributed by atoms with E-state index in [0.717, 1.165) is 78.0 Å². The van der Waals surface area contributed by atoms with Crippen molar-refractivity contribution in [3.8, 4) is 11.4 Å². The highest BCUT2D eigenvalue weighted by atomic mass is 16.5. The van der Waals surface area contributed by atoms with Gasteiger partial charge >= 0.3 is 0 Å². The fraction of sp³-hybridized carbons (Fsp3) is 0.345. The van der Waals surface area contributed by atoms with Gasteiger partial charge in [-0.2, -0.15) is 0 Å². The minimum absolute atomic E-state index is 0.744. The molecule has 6 heteroatoms. The van der Waals surface area contributed by atoms with Crippen LogP contribution in [0.2, 0.25) is 0 Å². The number of ether oxygens (including phenoxy) is 2. The number of hydrogen-bond acceptors (Lipinski definition) is 5. The number of nitrogens with zero attached hydrogens (tertiary/aromatic N) is 4. The first-order chi connectivity index (χ1) is 17.1. The predicted molar refractivity (Wildman–Crippen MR) is 142 cm³/mol. The van der Waals surface area contributed by atoms with Crippen LogP contribution in [0.1, 0.15) is 40.8 Å². The largest absolute Gasteiger partial charge is 0.385 e. The molecule has 35 heavy (non-hydrogen) atoms. The Morgan fingerprint density at radius 3 is 2.51 bits per heavy atom. The zero-order valence-electron chi connectivity index (χ0n) is 21.1. The average molecular weight is 471 g/mol. The second-order valence-corrected chi connectivity index (χ2v) is 8.89. The second kappa shape index (κ2) is 11.9. The summed E-state index contributed by atoms with van der Waals surface area (Å²) in [6.07, 6.45) is 13.7. The number of imidazole rings is 1. The maximum Gasteiger partial charge on any atom is 0.0948 e. The zero-order valence-corrected chi connectivity index (χ0v) is 21.1. The van der Waals surface area contributed by atoms with Crippen LogP contribution in [0.4, 0.5) is 0 Å². The van der Waals surface area contributed by atoms with Crippen LogP contribution in [0.25, 0.3) is 34.4 Å². The van der Waals surface area contributed by atoms with Crippen molar-refractivity contribution in [3.63, 3.8) is 0 Å². The van der Waals surface area contributed by atoms with Gasteiger partial charge < -0.3 is 14.0 Å². The predicted octanol–water partition coefficient (Wildman–Crippen LogP) is 5.67. The molecule has 0 unspecified atom stereocenters. The quantitative estimate of drug-likeness (QED) is 0.264. The van der Waals surface area contributed by atoms with Gasteiger partial charge in [0.25, 0.3) is 0 Å². The van der Waals surface area contributed by atoms with Gasteiger partial charge in [0, 0.05) is 51.8 Å². The van der Waals surface area contributed by atoms with E-state index in [1.165, 1.54) is 11.1 Å². The number of fused-ring (bicyclic) bond motifs is 1. The van der Waals surface area contributed by atoms with Crippen LogP contribution >= 0.6 is 0 Å². The van der Waals surface area contributed by atoms with Gasteiger partial charge in [-0.25, -0.2) is 9.97 Å². The molecule has 0 bridgehead atoms. The van der Waals surface area contributed by atoms with Crippen molar-refractivity contribution in [2.45, 2.75) is 32.6 Å². The number of aryl methyl sites for hydroxylation is 4. The molecular formula is C29H34N4O2. The minimum Gasteiger partial charge on any atom is -0.385 e. The van der Waals surface area contributed by atoms with Crippen LogP contribution in [0, 0.1) is 6.92 Å². The molecule has 4 aromatic rings. The molecule has 182 valence electrons. The highest BCUT2D eigenvalue weighted by molar-refractivity contribution is 5.93. The van der Waals surface area contributed by atoms with Crippen molar-refractivity contribution in [1.29, 1.82) is 0 Å². The van der Waals surface area contributed by atoms with Gasteiger partial charge in [0.05, 0.1) is 29.4 Å². The van der Waals surface area contributed by atoms with Crippen molar-refractivity contribution < 1.29 is 9.47 Å². The Bertz CT molecular complexity index is 1310. The third-order valence-electron chi connectivity index (χ3n) is 6.25. The molecule has 0 aliphatic rings. The van der Waals surface area contributed by atoms with E-state index in [1.54, 1.807) is 14.2 Å². The Morgan fingerprint density at radius 1 is 0.971 bits per heavy atom. The molecule has 0 aliphatic carbocycles. The van der Waals surface area contributed by atoms with E-state index in [9.17, 15) is 0 Å². The van der Waals surface area contributed by atoms with Gasteiger partial charge in [0.1, 0.15) is 0 Å². The monoisotopic (exact) mass is 470 g/mol. The molecule has 0 saturated carbocycles. The van der Waals surface area contributed by atoms with Crippen LogP contribution in [0.5, 0.6) is 0 Å². The molecule has 6 nitrogen and oxygen atoms in total. The van der Waals surface area contributed by atoms with Crippen LogP contribution in [-0.4, -0.2) is 47.0 Å². The molecule has 0 amide bonds. The molecule has 0 atom stereocenters. The Morgan fingerprint density at radius 2 is 1.77 bits per heavy atom. The fourth-order valence-corrected chi connectivity index (χ4v) is 4.32. The van der Waals surface area contributed by atoms with Crippen molar-refractivity contribution in [1.82, 2.24) is 19.5 Å². The topological polar surface area (TPSA) is 62.1 Å². The maximum absolute atomic E-state index is 5.27. The average Bonchev–Trinajstić information content (AvgIpc) is 3.29. The van der Waals surface area contributed by atoms with Gasteiger partial charge in [0.2, 0.25) is 0 Å². The minimum atomic E-state index is 0.744. The summed E-state index contributed by atoms with van der Waals surface area (Å²) in [4.78, 5) is 13.8. The van der Waals surface area contributed by atoms with E-state index in [4.69, 9.17) is 14.5 Å². The number of rotatable bonds is 11. The highest BCUT2D eigenvalue weighted by Gasteiger charge is 2.11. The molecule has 0 saturated heterocycles. The van der Waals surface area contributed by atoms with Gasteiger partial charge in [-0.1, -0.05) is 12.2 Å². The fourth-order valence-electron chi connectivity index (χ4n) is 4.32. The van der Waals surface area contributed by atoms with Crippen LogP contribution in [-0.2, 0) is 29.4 Å². The maximum atomic E-state index is 5.27. The number of aromatic nitrogens is 4. The van der Waals surface area contributed by atoms with E-state index in [-0.39, 0.29) is 0 Å². The summed E-state index contributed by atoms with van der Waals surface area (Å²) < 4.78 is 12.4. The summed E-state index contributed by atoms with van der Waals surface area (Å²) in [6, 6.07) is 10.8. The molecule has 0 N–H and O–H groups in total. The third-order valence-corrected chi connectivity index (χ3v) is 6.25. The van der Waals surface area contributed by atoms with Gasteiger partial charge in [-0.05, 0) is 85.2 Å². The molecule has 0 fully saturated rings. The second-order valence-electron chi connectivity index (χ2n) is 8.89. The summed E-state index contributed by atoms with van der Waals surface area (Å²) >= 11 is 0. The molecule has 4 rings (SSSR count). The summed E-state index contributed by atoms with van der Waals surface area (Å²) in [7, 11) is 5.48. The van der Waals surface area contributed by atoms with E-state index in [2.05, 4.69) is 53.3 Å². The van der Waals surface area contributed by atoms with Crippen molar-refractivity contribution in [2.24, 2.45) is 7.05 Å². The summed E-state index contributed by atoms with van der Waals surface area (Å²) in [6.45, 7) is 3.67. The van der Waals surface area contributed by atoms with E-state index in [0.29, 0.717) is 0 Å². The van der Waals surface area contributed by atoms with Crippen LogP contribution in [0.15, 0.2) is 49.1 Å². The Hall–Kier alpha value is -3.35. The number of benzene rings is 1. The number of methoxy groups -OCH3 is 2. The number of pyridine rings is 2. The van der Waals surface area contributed by atoms with E-state index >= 15 is 0 Å².